The van der Waals surface area contributed by atoms with Crippen LogP contribution in [-0.2, 0) is 6.42 Å². The van der Waals surface area contributed by atoms with Gasteiger partial charge in [0.25, 0.3) is 0 Å². The van der Waals surface area contributed by atoms with E-state index in [1.807, 2.05) is 0 Å². The molecule has 0 aliphatic heterocycles. The standard InChI is InChI=1S/C22H27N3O.ClH/c1-3-7-21-24-22(26-25-21)17-12-13-18(14-17)23-15(2)19-11-6-9-16-8-4-5-10-20(16)19;/h4-6,8-11,15,17-18,23H,3,7,12-14H2,1-2H3;1H/t15-,17?,18?;/m1./s1. The molecule has 0 amide bonds. The molecule has 0 spiro atoms. The highest BCUT2D eigenvalue weighted by Crippen LogP contribution is 2.35. The predicted molar refractivity (Wildman–Crippen MR) is 111 cm³/mol. The SMILES string of the molecule is CCCc1noc(C2CCC(N[C@H](C)c3cccc4ccccc34)C2)n1.Cl. The van der Waals surface area contributed by atoms with E-state index in [4.69, 9.17) is 4.52 Å². The van der Waals surface area contributed by atoms with Crippen molar-refractivity contribution in [1.82, 2.24) is 15.5 Å². The van der Waals surface area contributed by atoms with Crippen LogP contribution in [0.25, 0.3) is 10.8 Å². The zero-order valence-corrected chi connectivity index (χ0v) is 16.8. The first kappa shape index (κ1) is 19.8. The lowest BCUT2D eigenvalue weighted by Gasteiger charge is -2.21. The molecule has 5 heteroatoms. The summed E-state index contributed by atoms with van der Waals surface area (Å²) in [5, 5.41) is 10.6. The number of nitrogens with zero attached hydrogens (tertiary/aromatic N) is 2. The van der Waals surface area contributed by atoms with Gasteiger partial charge in [-0.15, -0.1) is 12.4 Å². The zero-order chi connectivity index (χ0) is 17.9. The number of nitrogens with one attached hydrogen (secondary N) is 1. The number of aromatic nitrogens is 2. The van der Waals surface area contributed by atoms with Crippen LogP contribution in [0.15, 0.2) is 47.0 Å². The molecular formula is C22H28ClN3O. The predicted octanol–water partition coefficient (Wildman–Crippen LogP) is 5.58. The van der Waals surface area contributed by atoms with E-state index in [0.717, 1.165) is 43.8 Å². The van der Waals surface area contributed by atoms with Crippen LogP contribution in [0.2, 0.25) is 0 Å². The summed E-state index contributed by atoms with van der Waals surface area (Å²) in [4.78, 5) is 4.59. The van der Waals surface area contributed by atoms with Crippen LogP contribution >= 0.6 is 12.4 Å². The second-order valence-corrected chi connectivity index (χ2v) is 7.46. The van der Waals surface area contributed by atoms with E-state index < -0.39 is 0 Å². The Morgan fingerprint density at radius 2 is 1.96 bits per heavy atom. The first-order valence-electron chi connectivity index (χ1n) is 9.80. The molecule has 2 aromatic carbocycles. The van der Waals surface area contributed by atoms with Gasteiger partial charge in [-0.1, -0.05) is 54.5 Å². The summed E-state index contributed by atoms with van der Waals surface area (Å²) in [5.41, 5.74) is 1.37. The molecule has 0 saturated heterocycles. The van der Waals surface area contributed by atoms with Gasteiger partial charge in [0.1, 0.15) is 0 Å². The Bertz CT molecular complexity index is 873. The fourth-order valence-electron chi connectivity index (χ4n) is 4.19. The van der Waals surface area contributed by atoms with Crippen molar-refractivity contribution in [1.29, 1.82) is 0 Å². The molecular weight excluding hydrogens is 358 g/mol. The summed E-state index contributed by atoms with van der Waals surface area (Å²) in [7, 11) is 0. The maximum Gasteiger partial charge on any atom is 0.229 e. The molecule has 1 fully saturated rings. The van der Waals surface area contributed by atoms with Gasteiger partial charge >= 0.3 is 0 Å². The van der Waals surface area contributed by atoms with Crippen LogP contribution in [0.4, 0.5) is 0 Å². The number of rotatable bonds is 6. The number of halogens is 1. The van der Waals surface area contributed by atoms with Gasteiger partial charge in [-0.25, -0.2) is 0 Å². The van der Waals surface area contributed by atoms with Crippen LogP contribution in [0.5, 0.6) is 0 Å². The summed E-state index contributed by atoms with van der Waals surface area (Å²) in [6.07, 6.45) is 5.30. The van der Waals surface area contributed by atoms with E-state index in [2.05, 4.69) is 71.8 Å². The molecule has 0 bridgehead atoms. The van der Waals surface area contributed by atoms with Crippen LogP contribution < -0.4 is 5.32 Å². The molecule has 27 heavy (non-hydrogen) atoms. The van der Waals surface area contributed by atoms with E-state index in [1.54, 1.807) is 0 Å². The van der Waals surface area contributed by atoms with Gasteiger partial charge < -0.3 is 9.84 Å². The van der Waals surface area contributed by atoms with Crippen molar-refractivity contribution in [3.05, 3.63) is 59.7 Å². The fraction of sp³-hybridized carbons (Fsp3) is 0.455. The number of aryl methyl sites for hydroxylation is 1. The quantitative estimate of drug-likeness (QED) is 0.601. The van der Waals surface area contributed by atoms with Gasteiger partial charge in [-0.05, 0) is 48.9 Å². The lowest BCUT2D eigenvalue weighted by atomic mass is 9.99. The monoisotopic (exact) mass is 385 g/mol. The third-order valence-corrected chi connectivity index (χ3v) is 5.51. The molecule has 2 unspecified atom stereocenters. The Morgan fingerprint density at radius 3 is 2.81 bits per heavy atom. The molecule has 1 saturated carbocycles. The smallest absolute Gasteiger partial charge is 0.229 e. The average Bonchev–Trinajstić information content (AvgIpc) is 3.31. The minimum Gasteiger partial charge on any atom is -0.339 e. The highest BCUT2D eigenvalue weighted by atomic mass is 35.5. The van der Waals surface area contributed by atoms with Crippen molar-refractivity contribution in [2.45, 2.75) is 64.0 Å². The molecule has 4 nitrogen and oxygen atoms in total. The van der Waals surface area contributed by atoms with E-state index in [0.29, 0.717) is 18.0 Å². The second-order valence-electron chi connectivity index (χ2n) is 7.46. The van der Waals surface area contributed by atoms with Crippen LogP contribution in [0.1, 0.15) is 68.8 Å². The summed E-state index contributed by atoms with van der Waals surface area (Å²) in [6, 6.07) is 16.0. The van der Waals surface area contributed by atoms with Gasteiger partial charge in [0.05, 0.1) is 0 Å². The topological polar surface area (TPSA) is 51.0 Å². The average molecular weight is 386 g/mol. The summed E-state index contributed by atoms with van der Waals surface area (Å²) >= 11 is 0. The first-order chi connectivity index (χ1) is 12.7. The highest BCUT2D eigenvalue weighted by molar-refractivity contribution is 5.86. The van der Waals surface area contributed by atoms with Crippen molar-refractivity contribution in [2.75, 3.05) is 0 Å². The zero-order valence-electron chi connectivity index (χ0n) is 16.0. The summed E-state index contributed by atoms with van der Waals surface area (Å²) in [5.74, 6) is 2.07. The molecule has 3 aromatic rings. The van der Waals surface area contributed by atoms with Gasteiger partial charge in [0, 0.05) is 24.4 Å². The van der Waals surface area contributed by atoms with E-state index >= 15 is 0 Å². The van der Waals surface area contributed by atoms with E-state index in [1.165, 1.54) is 16.3 Å². The van der Waals surface area contributed by atoms with Gasteiger partial charge in [-0.3, -0.25) is 0 Å². The molecule has 144 valence electrons. The van der Waals surface area contributed by atoms with Crippen molar-refractivity contribution >= 4 is 23.2 Å². The third-order valence-electron chi connectivity index (χ3n) is 5.51. The number of fused-ring (bicyclic) bond motifs is 1. The maximum atomic E-state index is 5.51. The minimum atomic E-state index is 0. The molecule has 1 heterocycles. The van der Waals surface area contributed by atoms with E-state index in [9.17, 15) is 0 Å². The number of benzene rings is 2. The summed E-state index contributed by atoms with van der Waals surface area (Å²) in [6.45, 7) is 4.40. The van der Waals surface area contributed by atoms with Crippen molar-refractivity contribution in [3.63, 3.8) is 0 Å². The number of hydrogen-bond acceptors (Lipinski definition) is 4. The van der Waals surface area contributed by atoms with Crippen molar-refractivity contribution in [2.24, 2.45) is 0 Å². The first-order valence-corrected chi connectivity index (χ1v) is 9.80. The highest BCUT2D eigenvalue weighted by Gasteiger charge is 2.30. The summed E-state index contributed by atoms with van der Waals surface area (Å²) < 4.78 is 5.51. The van der Waals surface area contributed by atoms with Gasteiger partial charge in [0.2, 0.25) is 5.89 Å². The number of hydrogen-bond donors (Lipinski definition) is 1. The lowest BCUT2D eigenvalue weighted by Crippen LogP contribution is -2.29. The van der Waals surface area contributed by atoms with E-state index in [-0.39, 0.29) is 12.4 Å². The Morgan fingerprint density at radius 1 is 1.15 bits per heavy atom. The van der Waals surface area contributed by atoms with Crippen LogP contribution in [0.3, 0.4) is 0 Å². The Labute approximate surface area is 167 Å². The Kier molecular flexibility index (Phi) is 6.51. The van der Waals surface area contributed by atoms with Crippen molar-refractivity contribution < 1.29 is 4.52 Å². The van der Waals surface area contributed by atoms with Gasteiger partial charge in [-0.2, -0.15) is 4.98 Å². The van der Waals surface area contributed by atoms with Gasteiger partial charge in [0.15, 0.2) is 5.82 Å². The molecule has 1 aliphatic carbocycles. The van der Waals surface area contributed by atoms with Crippen molar-refractivity contribution in [3.8, 4) is 0 Å². The molecule has 4 rings (SSSR count). The van der Waals surface area contributed by atoms with Crippen LogP contribution in [0, 0.1) is 0 Å². The fourth-order valence-corrected chi connectivity index (χ4v) is 4.19. The Balaban J connectivity index is 0.00000210. The van der Waals surface area contributed by atoms with Crippen LogP contribution in [-0.4, -0.2) is 16.2 Å². The molecule has 0 radical (unpaired) electrons. The minimum absolute atomic E-state index is 0. The molecule has 1 aromatic heterocycles. The third kappa shape index (κ3) is 4.33. The molecule has 3 atom stereocenters. The normalized spacial score (nSPS) is 20.5. The molecule has 1 N–H and O–H groups in total. The maximum absolute atomic E-state index is 5.51. The Hall–Kier alpha value is -1.91. The largest absolute Gasteiger partial charge is 0.339 e. The second kappa shape index (κ2) is 8.85. The lowest BCUT2D eigenvalue weighted by molar-refractivity contribution is 0.346. The molecule has 1 aliphatic rings.